The molecule has 4 heteroatoms. The van der Waals surface area contributed by atoms with E-state index < -0.39 is 0 Å². The fourth-order valence-corrected chi connectivity index (χ4v) is 1.78. The van der Waals surface area contributed by atoms with Crippen LogP contribution in [0.2, 0.25) is 0 Å². The second kappa shape index (κ2) is 8.15. The van der Waals surface area contributed by atoms with Crippen molar-refractivity contribution in [2.75, 3.05) is 25.5 Å². The predicted octanol–water partition coefficient (Wildman–Crippen LogP) is 3.42. The maximum Gasteiger partial charge on any atom is 0.208 e. The van der Waals surface area contributed by atoms with Gasteiger partial charge in [-0.2, -0.15) is 0 Å². The minimum absolute atomic E-state index is 0.642. The lowest BCUT2D eigenvalue weighted by atomic mass is 10.1. The Balaban J connectivity index is 2.74. The zero-order valence-electron chi connectivity index (χ0n) is 12.7. The lowest BCUT2D eigenvalue weighted by molar-refractivity contribution is 0.404. The minimum atomic E-state index is 0.642. The van der Waals surface area contributed by atoms with Crippen LogP contribution < -0.4 is 5.32 Å². The molecule has 2 N–H and O–H groups in total. The first-order valence-corrected chi connectivity index (χ1v) is 6.71. The lowest BCUT2D eigenvalue weighted by Crippen LogP contribution is -2.07. The van der Waals surface area contributed by atoms with Gasteiger partial charge in [-0.05, 0) is 38.5 Å². The molecule has 0 fully saturated rings. The van der Waals surface area contributed by atoms with Crippen LogP contribution in [0.25, 0.3) is 0 Å². The van der Waals surface area contributed by atoms with Gasteiger partial charge >= 0.3 is 0 Å². The summed E-state index contributed by atoms with van der Waals surface area (Å²) in [5, 5.41) is 10.8. The summed E-state index contributed by atoms with van der Waals surface area (Å²) in [6, 6.07) is 6.03. The van der Waals surface area contributed by atoms with E-state index in [2.05, 4.69) is 10.3 Å². The van der Waals surface area contributed by atoms with Gasteiger partial charge in [-0.15, -0.1) is 0 Å². The van der Waals surface area contributed by atoms with Gasteiger partial charge in [0.05, 0.1) is 7.11 Å². The van der Waals surface area contributed by atoms with Gasteiger partial charge in [0.15, 0.2) is 0 Å². The number of rotatable bonds is 6. The number of hydrogen-bond donors (Lipinski definition) is 2. The van der Waals surface area contributed by atoms with E-state index in [-0.39, 0.29) is 0 Å². The van der Waals surface area contributed by atoms with Crippen LogP contribution >= 0.6 is 0 Å². The van der Waals surface area contributed by atoms with Crippen molar-refractivity contribution in [1.82, 2.24) is 0 Å². The Morgan fingerprint density at radius 2 is 2.20 bits per heavy atom. The second-order valence-corrected chi connectivity index (χ2v) is 4.60. The number of hydrogen-bond acceptors (Lipinski definition) is 4. The van der Waals surface area contributed by atoms with Gasteiger partial charge in [0.25, 0.3) is 0 Å². The fourth-order valence-electron chi connectivity index (χ4n) is 1.78. The second-order valence-electron chi connectivity index (χ2n) is 4.60. The highest BCUT2D eigenvalue weighted by Crippen LogP contribution is 2.15. The van der Waals surface area contributed by atoms with Crippen molar-refractivity contribution < 1.29 is 4.74 Å². The molecule has 0 saturated heterocycles. The molecule has 1 aromatic rings. The smallest absolute Gasteiger partial charge is 0.208 e. The summed E-state index contributed by atoms with van der Waals surface area (Å²) in [4.78, 5) is 4.24. The number of methoxy groups -OCH3 is 1. The number of anilines is 1. The highest BCUT2D eigenvalue weighted by molar-refractivity contribution is 5.88. The number of nitrogens with one attached hydrogen (secondary N) is 2. The molecule has 0 aliphatic heterocycles. The van der Waals surface area contributed by atoms with E-state index in [1.807, 2.05) is 45.0 Å². The maximum absolute atomic E-state index is 7.45. The summed E-state index contributed by atoms with van der Waals surface area (Å²) < 4.78 is 5.18. The van der Waals surface area contributed by atoms with Crippen molar-refractivity contribution in [1.29, 1.82) is 5.41 Å². The zero-order valence-corrected chi connectivity index (χ0v) is 12.7. The first-order chi connectivity index (χ1) is 9.60. The van der Waals surface area contributed by atoms with E-state index in [0.717, 1.165) is 22.4 Å². The molecule has 0 radical (unpaired) electrons. The Kier molecular flexibility index (Phi) is 6.50. The summed E-state index contributed by atoms with van der Waals surface area (Å²) in [5.74, 6) is 0.642. The summed E-state index contributed by atoms with van der Waals surface area (Å²) in [7, 11) is 1.62. The average molecular weight is 273 g/mol. The van der Waals surface area contributed by atoms with Crippen molar-refractivity contribution in [3.63, 3.8) is 0 Å². The average Bonchev–Trinajstić information content (AvgIpc) is 2.45. The van der Waals surface area contributed by atoms with Crippen molar-refractivity contribution in [2.24, 2.45) is 4.99 Å². The topological polar surface area (TPSA) is 57.5 Å². The molecule has 108 valence electrons. The Labute approximate surface area is 121 Å². The summed E-state index contributed by atoms with van der Waals surface area (Å²) >= 11 is 0. The molecule has 0 saturated carbocycles. The third-order valence-electron chi connectivity index (χ3n) is 2.81. The van der Waals surface area contributed by atoms with Gasteiger partial charge in [-0.1, -0.05) is 11.6 Å². The van der Waals surface area contributed by atoms with Crippen LogP contribution in [0.15, 0.2) is 34.8 Å². The first-order valence-electron chi connectivity index (χ1n) is 6.71. The minimum Gasteiger partial charge on any atom is -0.481 e. The molecule has 0 aliphatic rings. The Morgan fingerprint density at radius 1 is 1.45 bits per heavy atom. The van der Waals surface area contributed by atoms with E-state index in [0.29, 0.717) is 19.0 Å². The van der Waals surface area contributed by atoms with Gasteiger partial charge in [-0.3, -0.25) is 4.99 Å². The first kappa shape index (κ1) is 16.0. The van der Waals surface area contributed by atoms with Crippen LogP contribution in [0.3, 0.4) is 0 Å². The molecule has 0 aromatic heterocycles. The number of aryl methyl sites for hydroxylation is 1. The molecule has 0 unspecified atom stereocenters. The normalized spacial score (nSPS) is 12.2. The third-order valence-corrected chi connectivity index (χ3v) is 2.81. The molecule has 0 atom stereocenters. The van der Waals surface area contributed by atoms with E-state index >= 15 is 0 Å². The third kappa shape index (κ3) is 4.88. The monoisotopic (exact) mass is 273 g/mol. The van der Waals surface area contributed by atoms with Crippen molar-refractivity contribution in [2.45, 2.75) is 20.8 Å². The van der Waals surface area contributed by atoms with Gasteiger partial charge in [0, 0.05) is 36.6 Å². The van der Waals surface area contributed by atoms with Gasteiger partial charge in [-0.25, -0.2) is 0 Å². The Bertz CT molecular complexity index is 518. The molecule has 0 amide bonds. The molecule has 0 heterocycles. The molecule has 0 spiro atoms. The summed E-state index contributed by atoms with van der Waals surface area (Å²) in [6.45, 7) is 7.42. The molecule has 1 aromatic carbocycles. The van der Waals surface area contributed by atoms with Crippen LogP contribution in [0.5, 0.6) is 0 Å². The number of benzene rings is 1. The summed E-state index contributed by atoms with van der Waals surface area (Å²) in [6.07, 6.45) is 3.29. The zero-order chi connectivity index (χ0) is 15.0. The Morgan fingerprint density at radius 3 is 2.80 bits per heavy atom. The van der Waals surface area contributed by atoms with Crippen molar-refractivity contribution >= 4 is 17.8 Å². The van der Waals surface area contributed by atoms with Crippen LogP contribution in [0.4, 0.5) is 5.69 Å². The van der Waals surface area contributed by atoms with E-state index in [9.17, 15) is 0 Å². The van der Waals surface area contributed by atoms with E-state index in [1.165, 1.54) is 6.21 Å². The number of nitrogens with zero attached hydrogens (tertiary/aromatic N) is 1. The van der Waals surface area contributed by atoms with Crippen LogP contribution in [0, 0.1) is 12.3 Å². The van der Waals surface area contributed by atoms with Gasteiger partial charge in [0.1, 0.15) is 0 Å². The molecular weight excluding hydrogens is 250 g/mol. The van der Waals surface area contributed by atoms with E-state index in [1.54, 1.807) is 7.11 Å². The van der Waals surface area contributed by atoms with Crippen molar-refractivity contribution in [3.8, 4) is 0 Å². The van der Waals surface area contributed by atoms with E-state index in [4.69, 9.17) is 10.1 Å². The van der Waals surface area contributed by atoms with Gasteiger partial charge < -0.3 is 15.5 Å². The van der Waals surface area contributed by atoms with Crippen LogP contribution in [-0.4, -0.2) is 32.3 Å². The van der Waals surface area contributed by atoms with Crippen LogP contribution in [-0.2, 0) is 4.74 Å². The largest absolute Gasteiger partial charge is 0.481 e. The number of ether oxygens (including phenoxy) is 1. The molecular formula is C16H23N3O. The van der Waals surface area contributed by atoms with Crippen molar-refractivity contribution in [3.05, 3.63) is 41.0 Å². The fraction of sp³-hybridized carbons (Fsp3) is 0.375. The highest BCUT2D eigenvalue weighted by atomic mass is 16.5. The number of aliphatic imine (C=N–C) groups is 1. The maximum atomic E-state index is 7.45. The predicted molar refractivity (Wildman–Crippen MR) is 86.3 cm³/mol. The molecule has 4 nitrogen and oxygen atoms in total. The van der Waals surface area contributed by atoms with Crippen LogP contribution in [0.1, 0.15) is 25.0 Å². The highest BCUT2D eigenvalue weighted by Gasteiger charge is 2.01. The SMILES string of the molecule is CCN=C(/C=C(\C)CNc1ccc(C)cc1C=N)OC. The molecule has 0 bridgehead atoms. The molecule has 20 heavy (non-hydrogen) atoms. The summed E-state index contributed by atoms with van der Waals surface area (Å²) in [5.41, 5.74) is 4.13. The molecule has 0 aliphatic carbocycles. The molecule has 1 rings (SSSR count). The standard InChI is InChI=1S/C16H23N3O/c1-5-18-16(20-4)9-13(3)11-19-15-7-6-12(2)8-14(15)10-17/h6-10,17,19H,5,11H2,1-4H3/b13-9+,17-10?,18-16?. The quantitative estimate of drug-likeness (QED) is 0.616. The lowest BCUT2D eigenvalue weighted by Gasteiger charge is -2.10. The van der Waals surface area contributed by atoms with Gasteiger partial charge in [0.2, 0.25) is 5.90 Å². The Hall–Kier alpha value is -2.10.